The van der Waals surface area contributed by atoms with Gasteiger partial charge in [-0.25, -0.2) is 0 Å². The van der Waals surface area contributed by atoms with Crippen molar-refractivity contribution in [2.45, 2.75) is 69.5 Å². The van der Waals surface area contributed by atoms with Crippen molar-refractivity contribution in [3.63, 3.8) is 0 Å². The topological polar surface area (TPSA) is 0 Å². The normalized spacial score (nSPS) is 26.7. The van der Waals surface area contributed by atoms with Gasteiger partial charge < -0.3 is 0 Å². The Hall–Kier alpha value is 3.15. The van der Waals surface area contributed by atoms with Crippen LogP contribution in [-0.4, -0.2) is 64.0 Å². The van der Waals surface area contributed by atoms with Gasteiger partial charge in [0.25, 0.3) is 0 Å². The molecule has 0 aromatic rings. The summed E-state index contributed by atoms with van der Waals surface area (Å²) < 4.78 is 2.31. The number of rotatable bonds is 15. The fourth-order valence-corrected chi connectivity index (χ4v) is 13.2. The van der Waals surface area contributed by atoms with Gasteiger partial charge in [0.05, 0.1) is 13.7 Å². The molecule has 1 aliphatic heterocycles. The smallest absolute Gasteiger partial charge is 0.0532 e. The minimum Gasteiger partial charge on any atom is -0.175 e. The predicted octanol–water partition coefficient (Wildman–Crippen LogP) is 7.50. The average molecular weight is 541 g/mol. The SMILES string of the molecule is CC(S)CSCCC1SC(CCSCC(C)S)SC(CCSCC(C)S)S1. The maximum Gasteiger partial charge on any atom is 0.0532 e. The van der Waals surface area contributed by atoms with Crippen molar-refractivity contribution in [1.29, 1.82) is 0 Å². The molecule has 0 aromatic carbocycles. The first kappa shape index (κ1) is 28.2. The monoisotopic (exact) mass is 540 g/mol. The van der Waals surface area contributed by atoms with Crippen molar-refractivity contribution >= 4 is 108 Å². The second-order valence-electron chi connectivity index (χ2n) is 6.83. The minimum atomic E-state index is 0.509. The fourth-order valence-electron chi connectivity index (χ4n) is 2.31. The molecule has 9 heteroatoms. The van der Waals surface area contributed by atoms with Crippen molar-refractivity contribution in [3.05, 3.63) is 0 Å². The molecule has 1 fully saturated rings. The van der Waals surface area contributed by atoms with Crippen LogP contribution in [0.1, 0.15) is 40.0 Å². The Morgan fingerprint density at radius 3 is 1.07 bits per heavy atom. The fraction of sp³-hybridized carbons (Fsp3) is 1.00. The van der Waals surface area contributed by atoms with E-state index in [1.54, 1.807) is 0 Å². The molecule has 0 amide bonds. The Bertz CT molecular complexity index is 293. The first-order valence-corrected chi connectivity index (χ1v) is 17.4. The number of hydrogen-bond acceptors (Lipinski definition) is 9. The van der Waals surface area contributed by atoms with Gasteiger partial charge in [-0.3, -0.25) is 0 Å². The van der Waals surface area contributed by atoms with Crippen LogP contribution in [0.2, 0.25) is 0 Å². The van der Waals surface area contributed by atoms with Crippen LogP contribution in [0.15, 0.2) is 0 Å². The molecule has 1 rings (SSSR count). The van der Waals surface area contributed by atoms with Crippen molar-refractivity contribution < 1.29 is 0 Å². The van der Waals surface area contributed by atoms with Crippen LogP contribution < -0.4 is 0 Å². The van der Waals surface area contributed by atoms with Gasteiger partial charge in [0.1, 0.15) is 0 Å². The Labute approximate surface area is 210 Å². The zero-order chi connectivity index (χ0) is 20.1. The van der Waals surface area contributed by atoms with Crippen LogP contribution >= 0.6 is 108 Å². The summed E-state index contributed by atoms with van der Waals surface area (Å²) in [5.74, 6) is 7.34. The lowest BCUT2D eigenvalue weighted by Crippen LogP contribution is -2.20. The van der Waals surface area contributed by atoms with E-state index < -0.39 is 0 Å². The van der Waals surface area contributed by atoms with Crippen LogP contribution in [0.5, 0.6) is 0 Å². The van der Waals surface area contributed by atoms with Gasteiger partial charge in [-0.2, -0.15) is 73.2 Å². The Kier molecular flexibility index (Phi) is 18.5. The third-order valence-electron chi connectivity index (χ3n) is 3.48. The first-order chi connectivity index (χ1) is 12.9. The number of thiol groups is 3. The summed E-state index contributed by atoms with van der Waals surface area (Å²) in [7, 11) is 0. The molecule has 3 unspecified atom stereocenters. The molecule has 3 atom stereocenters. The number of thioether (sulfide) groups is 6. The Morgan fingerprint density at radius 2 is 0.852 bits per heavy atom. The first-order valence-electron chi connectivity index (χ1n) is 9.60. The molecule has 1 saturated heterocycles. The lowest BCUT2D eigenvalue weighted by atomic mass is 10.5. The highest BCUT2D eigenvalue weighted by molar-refractivity contribution is 8.33. The third-order valence-corrected chi connectivity index (χ3v) is 13.8. The van der Waals surface area contributed by atoms with Gasteiger partial charge >= 0.3 is 0 Å². The van der Waals surface area contributed by atoms with E-state index in [1.807, 2.05) is 0 Å². The third kappa shape index (κ3) is 16.4. The molecular formula is C18H36S9. The molecule has 0 radical (unpaired) electrons. The van der Waals surface area contributed by atoms with Crippen LogP contribution in [0.3, 0.4) is 0 Å². The lowest BCUT2D eigenvalue weighted by Gasteiger charge is -2.34. The van der Waals surface area contributed by atoms with Gasteiger partial charge in [0.15, 0.2) is 0 Å². The molecule has 0 saturated carbocycles. The van der Waals surface area contributed by atoms with Crippen molar-refractivity contribution in [2.24, 2.45) is 0 Å². The van der Waals surface area contributed by atoms with Crippen molar-refractivity contribution in [1.82, 2.24) is 0 Å². The second-order valence-corrected chi connectivity index (χ2v) is 18.1. The van der Waals surface area contributed by atoms with Gasteiger partial charge in [-0.1, -0.05) is 20.8 Å². The Morgan fingerprint density at radius 1 is 0.593 bits per heavy atom. The van der Waals surface area contributed by atoms with Gasteiger partial charge in [0, 0.05) is 33.0 Å². The van der Waals surface area contributed by atoms with Crippen molar-refractivity contribution in [3.8, 4) is 0 Å². The highest BCUT2D eigenvalue weighted by Crippen LogP contribution is 2.51. The van der Waals surface area contributed by atoms with Gasteiger partial charge in [-0.15, -0.1) is 35.3 Å². The van der Waals surface area contributed by atoms with E-state index in [9.17, 15) is 0 Å². The van der Waals surface area contributed by atoms with Crippen molar-refractivity contribution in [2.75, 3.05) is 34.5 Å². The maximum atomic E-state index is 4.50. The second kappa shape index (κ2) is 17.7. The zero-order valence-corrected chi connectivity index (χ0v) is 24.2. The average Bonchev–Trinajstić information content (AvgIpc) is 2.59. The maximum absolute atomic E-state index is 4.50. The molecule has 0 N–H and O–H groups in total. The van der Waals surface area contributed by atoms with E-state index in [2.05, 4.69) is 129 Å². The van der Waals surface area contributed by atoms with E-state index in [1.165, 1.54) is 53.8 Å². The molecule has 1 aliphatic rings. The van der Waals surface area contributed by atoms with E-state index >= 15 is 0 Å². The van der Waals surface area contributed by atoms with E-state index in [-0.39, 0.29) is 0 Å². The Balaban J connectivity index is 2.37. The molecule has 27 heavy (non-hydrogen) atoms. The number of hydrogen-bond donors (Lipinski definition) is 3. The minimum absolute atomic E-state index is 0.509. The van der Waals surface area contributed by atoms with Crippen LogP contribution in [0.4, 0.5) is 0 Å². The quantitative estimate of drug-likeness (QED) is 0.144. The van der Waals surface area contributed by atoms with E-state index in [0.717, 1.165) is 13.7 Å². The molecular weight excluding hydrogens is 505 g/mol. The standard InChI is InChI=1S/C18H36S9/c1-13(19)10-22-7-4-16-25-17(5-8-23-11-14(2)20)27-18(26-16)6-9-24-12-15(3)21/h13-21H,4-12H2,1-3H3. The van der Waals surface area contributed by atoms with Crippen LogP contribution in [0, 0.1) is 0 Å². The van der Waals surface area contributed by atoms with Crippen LogP contribution in [-0.2, 0) is 0 Å². The van der Waals surface area contributed by atoms with E-state index in [0.29, 0.717) is 15.7 Å². The lowest BCUT2D eigenvalue weighted by molar-refractivity contribution is 0.989. The summed E-state index contributed by atoms with van der Waals surface area (Å²) in [6.45, 7) is 6.57. The summed E-state index contributed by atoms with van der Waals surface area (Å²) in [5.41, 5.74) is 0. The summed E-state index contributed by atoms with van der Waals surface area (Å²) >= 11 is 26.4. The largest absolute Gasteiger partial charge is 0.175 e. The van der Waals surface area contributed by atoms with Crippen LogP contribution in [0.25, 0.3) is 0 Å². The predicted molar refractivity (Wildman–Crippen MR) is 155 cm³/mol. The van der Waals surface area contributed by atoms with Gasteiger partial charge in [0.2, 0.25) is 0 Å². The molecule has 0 aliphatic carbocycles. The molecule has 1 heterocycles. The highest BCUT2D eigenvalue weighted by atomic mass is 32.3. The highest BCUT2D eigenvalue weighted by Gasteiger charge is 2.30. The molecule has 0 nitrogen and oxygen atoms in total. The molecule has 0 spiro atoms. The molecule has 162 valence electrons. The van der Waals surface area contributed by atoms with E-state index in [4.69, 9.17) is 0 Å². The summed E-state index contributed by atoms with van der Waals surface area (Å²) in [6.07, 6.45) is 3.99. The summed E-state index contributed by atoms with van der Waals surface area (Å²) in [4.78, 5) is 0. The zero-order valence-electron chi connectivity index (χ0n) is 16.6. The molecule has 0 aromatic heterocycles. The summed E-state index contributed by atoms with van der Waals surface area (Å²) in [5, 5.41) is 1.53. The molecule has 0 bridgehead atoms. The van der Waals surface area contributed by atoms with Gasteiger partial charge in [-0.05, 0) is 36.5 Å². The summed E-state index contributed by atoms with van der Waals surface area (Å²) in [6, 6.07) is 0.